The van der Waals surface area contributed by atoms with Gasteiger partial charge in [0.05, 0.1) is 21.2 Å². The van der Waals surface area contributed by atoms with E-state index in [0.29, 0.717) is 5.82 Å². The lowest BCUT2D eigenvalue weighted by Crippen LogP contribution is -2.23. The van der Waals surface area contributed by atoms with Gasteiger partial charge in [0.2, 0.25) is 10.0 Å². The highest BCUT2D eigenvalue weighted by Gasteiger charge is 2.21. The summed E-state index contributed by atoms with van der Waals surface area (Å²) in [5.74, 6) is -0.227. The molecule has 3 rings (SSSR count). The molecule has 0 spiro atoms. The fourth-order valence-corrected chi connectivity index (χ4v) is 3.48. The molecule has 1 heterocycles. The maximum absolute atomic E-state index is 12.6. The first kappa shape index (κ1) is 19.1. The lowest BCUT2D eigenvalue weighted by molar-refractivity contribution is 0.102. The standard InChI is InChI=1S/C18H17ClN4O3S/c1-22(2)27(25,26)14-8-9-16(19)15(12-14)18(24)20-17-10-11-23(21-17)13-6-4-3-5-7-13/h3-12H,1-2H3,(H,20,21,24). The average molecular weight is 405 g/mol. The van der Waals surface area contributed by atoms with Gasteiger partial charge in [0.1, 0.15) is 0 Å². The van der Waals surface area contributed by atoms with Crippen molar-refractivity contribution < 1.29 is 13.2 Å². The van der Waals surface area contributed by atoms with Crippen molar-refractivity contribution in [1.82, 2.24) is 14.1 Å². The number of nitrogens with zero attached hydrogens (tertiary/aromatic N) is 3. The molecule has 0 aliphatic rings. The Bertz CT molecular complexity index is 1080. The molecule has 0 saturated heterocycles. The van der Waals surface area contributed by atoms with E-state index >= 15 is 0 Å². The number of halogens is 1. The van der Waals surface area contributed by atoms with Gasteiger partial charge in [-0.25, -0.2) is 17.4 Å². The molecule has 0 atom stereocenters. The van der Waals surface area contributed by atoms with Crippen molar-refractivity contribution in [3.63, 3.8) is 0 Å². The normalized spacial score (nSPS) is 11.6. The van der Waals surface area contributed by atoms with Crippen LogP contribution in [0.5, 0.6) is 0 Å². The molecule has 2 aromatic carbocycles. The lowest BCUT2D eigenvalue weighted by atomic mass is 10.2. The molecule has 1 N–H and O–H groups in total. The predicted molar refractivity (Wildman–Crippen MR) is 104 cm³/mol. The third-order valence-corrected chi connectivity index (χ3v) is 5.95. The van der Waals surface area contributed by atoms with Crippen molar-refractivity contribution >= 4 is 33.3 Å². The number of hydrogen-bond acceptors (Lipinski definition) is 4. The van der Waals surface area contributed by atoms with Crippen molar-refractivity contribution in [2.24, 2.45) is 0 Å². The zero-order valence-electron chi connectivity index (χ0n) is 14.6. The average Bonchev–Trinajstić information content (AvgIpc) is 3.11. The van der Waals surface area contributed by atoms with Gasteiger partial charge < -0.3 is 5.32 Å². The van der Waals surface area contributed by atoms with Crippen LogP contribution in [0.4, 0.5) is 5.82 Å². The van der Waals surface area contributed by atoms with E-state index in [1.807, 2.05) is 30.3 Å². The molecule has 0 aliphatic carbocycles. The molecule has 1 aromatic heterocycles. The Hall–Kier alpha value is -2.68. The Labute approximate surface area is 162 Å². The first-order valence-corrected chi connectivity index (χ1v) is 9.75. The summed E-state index contributed by atoms with van der Waals surface area (Å²) in [6.45, 7) is 0. The molecule has 0 radical (unpaired) electrons. The number of rotatable bonds is 5. The van der Waals surface area contributed by atoms with Crippen LogP contribution in [0.15, 0.2) is 65.7 Å². The summed E-state index contributed by atoms with van der Waals surface area (Å²) in [6, 6.07) is 15.1. The van der Waals surface area contributed by atoms with Gasteiger partial charge >= 0.3 is 0 Å². The predicted octanol–water partition coefficient (Wildman–Crippen LogP) is 3.03. The number of aromatic nitrogens is 2. The van der Waals surface area contributed by atoms with E-state index in [0.717, 1.165) is 9.99 Å². The maximum atomic E-state index is 12.6. The van der Waals surface area contributed by atoms with Gasteiger partial charge in [-0.05, 0) is 30.3 Å². The van der Waals surface area contributed by atoms with E-state index in [2.05, 4.69) is 10.4 Å². The summed E-state index contributed by atoms with van der Waals surface area (Å²) < 4.78 is 27.2. The summed E-state index contributed by atoms with van der Waals surface area (Å²) >= 11 is 6.09. The smallest absolute Gasteiger partial charge is 0.258 e. The first-order valence-electron chi connectivity index (χ1n) is 7.93. The molecule has 0 aliphatic heterocycles. The van der Waals surface area contributed by atoms with Gasteiger partial charge in [0, 0.05) is 26.4 Å². The van der Waals surface area contributed by atoms with Crippen LogP contribution in [0.25, 0.3) is 5.69 Å². The minimum Gasteiger partial charge on any atom is -0.305 e. The number of benzene rings is 2. The van der Waals surface area contributed by atoms with E-state index in [-0.39, 0.29) is 15.5 Å². The number of nitrogens with one attached hydrogen (secondary N) is 1. The van der Waals surface area contributed by atoms with Crippen molar-refractivity contribution in [3.05, 3.63) is 71.4 Å². The van der Waals surface area contributed by atoms with Crippen LogP contribution in [0.2, 0.25) is 5.02 Å². The molecular formula is C18H17ClN4O3S. The number of carbonyl (C=O) groups is 1. The summed E-state index contributed by atoms with van der Waals surface area (Å²) in [7, 11) is -0.846. The van der Waals surface area contributed by atoms with Gasteiger partial charge in [0.15, 0.2) is 5.82 Å². The number of para-hydroxylation sites is 1. The highest BCUT2D eigenvalue weighted by molar-refractivity contribution is 7.89. The van der Waals surface area contributed by atoms with Crippen LogP contribution >= 0.6 is 11.6 Å². The number of hydrogen-bond donors (Lipinski definition) is 1. The number of sulfonamides is 1. The molecule has 1 amide bonds. The molecule has 0 bridgehead atoms. The van der Waals surface area contributed by atoms with Crippen molar-refractivity contribution in [2.75, 3.05) is 19.4 Å². The van der Waals surface area contributed by atoms with Crippen molar-refractivity contribution in [3.8, 4) is 5.69 Å². The Morgan fingerprint density at radius 3 is 2.48 bits per heavy atom. The van der Waals surface area contributed by atoms with Crippen LogP contribution in [0, 0.1) is 0 Å². The second-order valence-corrected chi connectivity index (χ2v) is 8.42. The molecule has 0 unspecified atom stereocenters. The fraction of sp³-hybridized carbons (Fsp3) is 0.111. The fourth-order valence-electron chi connectivity index (χ4n) is 2.35. The monoisotopic (exact) mass is 404 g/mol. The second kappa shape index (κ2) is 7.51. The maximum Gasteiger partial charge on any atom is 0.258 e. The molecule has 0 saturated carbocycles. The largest absolute Gasteiger partial charge is 0.305 e. The third-order valence-electron chi connectivity index (χ3n) is 3.81. The van der Waals surface area contributed by atoms with E-state index in [1.54, 1.807) is 16.9 Å². The zero-order chi connectivity index (χ0) is 19.6. The number of anilines is 1. The molecule has 3 aromatic rings. The van der Waals surface area contributed by atoms with Crippen LogP contribution < -0.4 is 5.32 Å². The van der Waals surface area contributed by atoms with Gasteiger partial charge in [0.25, 0.3) is 5.91 Å². The molecule has 27 heavy (non-hydrogen) atoms. The summed E-state index contributed by atoms with van der Waals surface area (Å²) in [6.07, 6.45) is 1.71. The third kappa shape index (κ3) is 4.02. The first-order chi connectivity index (χ1) is 12.8. The van der Waals surface area contributed by atoms with Crippen LogP contribution in [0.3, 0.4) is 0 Å². The second-order valence-electron chi connectivity index (χ2n) is 5.86. The minimum atomic E-state index is -3.68. The molecule has 7 nitrogen and oxygen atoms in total. The van der Waals surface area contributed by atoms with Gasteiger partial charge in [-0.3, -0.25) is 4.79 Å². The Balaban J connectivity index is 1.86. The SMILES string of the molecule is CN(C)S(=O)(=O)c1ccc(Cl)c(C(=O)Nc2ccn(-c3ccccc3)n2)c1. The summed E-state index contributed by atoms with van der Waals surface area (Å²) in [5, 5.41) is 7.07. The van der Waals surface area contributed by atoms with Crippen LogP contribution in [-0.4, -0.2) is 42.5 Å². The van der Waals surface area contributed by atoms with Crippen molar-refractivity contribution in [1.29, 1.82) is 0 Å². The molecule has 140 valence electrons. The highest BCUT2D eigenvalue weighted by atomic mass is 35.5. The van der Waals surface area contributed by atoms with Gasteiger partial charge in [-0.15, -0.1) is 0 Å². The highest BCUT2D eigenvalue weighted by Crippen LogP contribution is 2.23. The molecule has 0 fully saturated rings. The molecular weight excluding hydrogens is 388 g/mol. The topological polar surface area (TPSA) is 84.3 Å². The Kier molecular flexibility index (Phi) is 5.31. The van der Waals surface area contributed by atoms with Gasteiger partial charge in [-0.1, -0.05) is 29.8 Å². The summed E-state index contributed by atoms with van der Waals surface area (Å²) in [5.41, 5.74) is 0.893. The molecule has 9 heteroatoms. The van der Waals surface area contributed by atoms with Crippen molar-refractivity contribution in [2.45, 2.75) is 4.90 Å². The minimum absolute atomic E-state index is 0.0168. The Morgan fingerprint density at radius 2 is 1.81 bits per heavy atom. The lowest BCUT2D eigenvalue weighted by Gasteiger charge is -2.13. The van der Waals surface area contributed by atoms with E-state index < -0.39 is 15.9 Å². The number of carbonyl (C=O) groups excluding carboxylic acids is 1. The van der Waals surface area contributed by atoms with E-state index in [4.69, 9.17) is 11.6 Å². The number of amides is 1. The zero-order valence-corrected chi connectivity index (χ0v) is 16.2. The van der Waals surface area contributed by atoms with E-state index in [9.17, 15) is 13.2 Å². The summed E-state index contributed by atoms with van der Waals surface area (Å²) in [4.78, 5) is 12.6. The quantitative estimate of drug-likeness (QED) is 0.708. The van der Waals surface area contributed by atoms with Gasteiger partial charge in [-0.2, -0.15) is 5.10 Å². The van der Waals surface area contributed by atoms with Crippen LogP contribution in [0.1, 0.15) is 10.4 Å². The van der Waals surface area contributed by atoms with E-state index in [1.165, 1.54) is 32.3 Å². The van der Waals surface area contributed by atoms with Crippen LogP contribution in [-0.2, 0) is 10.0 Å². The Morgan fingerprint density at radius 1 is 1.11 bits per heavy atom.